The van der Waals surface area contributed by atoms with Crippen LogP contribution in [0.1, 0.15) is 19.8 Å². The van der Waals surface area contributed by atoms with Crippen molar-refractivity contribution in [3.05, 3.63) is 0 Å². The number of aromatic nitrogens is 5. The van der Waals surface area contributed by atoms with E-state index in [1.165, 1.54) is 0 Å². The van der Waals surface area contributed by atoms with Crippen LogP contribution in [-0.2, 0) is 0 Å². The van der Waals surface area contributed by atoms with E-state index in [0.717, 1.165) is 23.6 Å². The number of rotatable bonds is 4. The molecule has 0 aliphatic rings. The standard InChI is InChI=1S/C8H12N6S/c1-2-3-4-15-7-5-6(13-14-12-5)10-8(9)11-7/h2-4H2,1H3,(H3,9,10,11,12,13,14). The van der Waals surface area contributed by atoms with Crippen LogP contribution in [0.2, 0.25) is 0 Å². The molecule has 0 bridgehead atoms. The van der Waals surface area contributed by atoms with Gasteiger partial charge in [0.25, 0.3) is 0 Å². The second-order valence-electron chi connectivity index (χ2n) is 3.08. The van der Waals surface area contributed by atoms with E-state index in [1.54, 1.807) is 11.8 Å². The van der Waals surface area contributed by atoms with Gasteiger partial charge >= 0.3 is 0 Å². The summed E-state index contributed by atoms with van der Waals surface area (Å²) in [7, 11) is 0. The third-order valence-corrected chi connectivity index (χ3v) is 2.96. The van der Waals surface area contributed by atoms with Gasteiger partial charge in [-0.3, -0.25) is 0 Å². The lowest BCUT2D eigenvalue weighted by molar-refractivity contribution is 0.894. The lowest BCUT2D eigenvalue weighted by Gasteiger charge is -2.00. The Labute approximate surface area is 91.1 Å². The predicted octanol–water partition coefficient (Wildman–Crippen LogP) is 1.22. The molecular formula is C8H12N6S. The summed E-state index contributed by atoms with van der Waals surface area (Å²) in [5.74, 6) is 1.25. The fraction of sp³-hybridized carbons (Fsp3) is 0.500. The maximum absolute atomic E-state index is 5.57. The quantitative estimate of drug-likeness (QED) is 0.461. The minimum Gasteiger partial charge on any atom is -0.368 e. The van der Waals surface area contributed by atoms with Crippen molar-refractivity contribution in [1.29, 1.82) is 0 Å². The van der Waals surface area contributed by atoms with Crippen molar-refractivity contribution in [1.82, 2.24) is 25.4 Å². The molecule has 0 unspecified atom stereocenters. The van der Waals surface area contributed by atoms with Crippen LogP contribution in [0.25, 0.3) is 11.2 Å². The molecule has 2 heterocycles. The third kappa shape index (κ3) is 2.17. The summed E-state index contributed by atoms with van der Waals surface area (Å²) in [5, 5.41) is 11.2. The first-order valence-electron chi connectivity index (χ1n) is 4.78. The normalized spacial score (nSPS) is 11.0. The molecule has 0 spiro atoms. The average Bonchev–Trinajstić information content (AvgIpc) is 2.65. The molecule has 0 fully saturated rings. The zero-order valence-corrected chi connectivity index (χ0v) is 9.21. The first kappa shape index (κ1) is 10.2. The number of aromatic amines is 1. The van der Waals surface area contributed by atoms with Crippen LogP contribution in [0.15, 0.2) is 5.03 Å². The SMILES string of the molecule is CCCCSc1nc(N)nc2n[nH]nc12. The smallest absolute Gasteiger partial charge is 0.223 e. The predicted molar refractivity (Wildman–Crippen MR) is 59.5 cm³/mol. The van der Waals surface area contributed by atoms with Gasteiger partial charge in [-0.2, -0.15) is 15.3 Å². The Morgan fingerprint density at radius 2 is 2.20 bits per heavy atom. The Hall–Kier alpha value is -1.37. The number of nitrogens with one attached hydrogen (secondary N) is 1. The van der Waals surface area contributed by atoms with Crippen molar-refractivity contribution in [2.45, 2.75) is 24.8 Å². The van der Waals surface area contributed by atoms with Crippen LogP contribution in [0.3, 0.4) is 0 Å². The summed E-state index contributed by atoms with van der Waals surface area (Å²) in [6.07, 6.45) is 2.31. The Balaban J connectivity index is 2.27. The van der Waals surface area contributed by atoms with E-state index in [1.807, 2.05) is 0 Å². The molecule has 3 N–H and O–H groups in total. The maximum Gasteiger partial charge on any atom is 0.223 e. The van der Waals surface area contributed by atoms with Crippen LogP contribution >= 0.6 is 11.8 Å². The molecule has 2 aromatic rings. The van der Waals surface area contributed by atoms with Gasteiger partial charge in [0.15, 0.2) is 5.52 Å². The highest BCUT2D eigenvalue weighted by Gasteiger charge is 2.09. The molecule has 6 nitrogen and oxygen atoms in total. The van der Waals surface area contributed by atoms with Crippen LogP contribution in [0, 0.1) is 0 Å². The monoisotopic (exact) mass is 224 g/mol. The first-order chi connectivity index (χ1) is 7.31. The summed E-state index contributed by atoms with van der Waals surface area (Å²) in [6.45, 7) is 2.15. The van der Waals surface area contributed by atoms with Crippen LogP contribution in [0.4, 0.5) is 5.95 Å². The van der Waals surface area contributed by atoms with E-state index >= 15 is 0 Å². The summed E-state index contributed by atoms with van der Waals surface area (Å²) < 4.78 is 0. The van der Waals surface area contributed by atoms with Crippen LogP contribution in [-0.4, -0.2) is 31.1 Å². The van der Waals surface area contributed by atoms with Crippen molar-refractivity contribution in [3.63, 3.8) is 0 Å². The second kappa shape index (κ2) is 4.43. The molecule has 0 saturated heterocycles. The van der Waals surface area contributed by atoms with Gasteiger partial charge in [0.05, 0.1) is 0 Å². The minimum absolute atomic E-state index is 0.246. The van der Waals surface area contributed by atoms with E-state index < -0.39 is 0 Å². The number of H-pyrrole nitrogens is 1. The number of unbranched alkanes of at least 4 members (excludes halogenated alkanes) is 1. The van der Waals surface area contributed by atoms with Gasteiger partial charge in [0.2, 0.25) is 11.6 Å². The van der Waals surface area contributed by atoms with Crippen LogP contribution in [0.5, 0.6) is 0 Å². The van der Waals surface area contributed by atoms with Gasteiger partial charge < -0.3 is 5.73 Å². The molecule has 0 saturated carbocycles. The molecule has 7 heteroatoms. The first-order valence-corrected chi connectivity index (χ1v) is 5.76. The van der Waals surface area contributed by atoms with E-state index in [9.17, 15) is 0 Å². The number of nitrogens with two attached hydrogens (primary N) is 1. The third-order valence-electron chi connectivity index (χ3n) is 1.91. The van der Waals surface area contributed by atoms with Crippen molar-refractivity contribution >= 4 is 28.9 Å². The molecule has 2 rings (SSSR count). The van der Waals surface area contributed by atoms with Crippen molar-refractivity contribution in [2.24, 2.45) is 0 Å². The molecule has 0 aliphatic heterocycles. The van der Waals surface area contributed by atoms with Gasteiger partial charge in [-0.15, -0.1) is 16.9 Å². The summed E-state index contributed by atoms with van der Waals surface area (Å²) in [6, 6.07) is 0. The van der Waals surface area contributed by atoms with E-state index in [2.05, 4.69) is 32.3 Å². The summed E-state index contributed by atoms with van der Waals surface area (Å²) in [4.78, 5) is 8.13. The Morgan fingerprint density at radius 1 is 1.33 bits per heavy atom. The number of thioether (sulfide) groups is 1. The molecule has 0 radical (unpaired) electrons. The molecule has 0 atom stereocenters. The van der Waals surface area contributed by atoms with Gasteiger partial charge in [0, 0.05) is 0 Å². The van der Waals surface area contributed by atoms with Gasteiger partial charge in [-0.05, 0) is 12.2 Å². The lowest BCUT2D eigenvalue weighted by atomic mass is 10.4. The number of hydrogen-bond acceptors (Lipinski definition) is 6. The number of fused-ring (bicyclic) bond motifs is 1. The Bertz CT molecular complexity index is 453. The lowest BCUT2D eigenvalue weighted by Crippen LogP contribution is -1.97. The molecular weight excluding hydrogens is 212 g/mol. The van der Waals surface area contributed by atoms with Crippen LogP contribution < -0.4 is 5.73 Å². The number of nitrogen functional groups attached to an aromatic ring is 1. The fourth-order valence-electron chi connectivity index (χ4n) is 1.15. The topological polar surface area (TPSA) is 93.4 Å². The zero-order valence-electron chi connectivity index (χ0n) is 8.40. The highest BCUT2D eigenvalue weighted by molar-refractivity contribution is 7.99. The van der Waals surface area contributed by atoms with E-state index in [-0.39, 0.29) is 5.95 Å². The van der Waals surface area contributed by atoms with E-state index in [0.29, 0.717) is 11.2 Å². The minimum atomic E-state index is 0.246. The number of hydrogen-bond donors (Lipinski definition) is 2. The molecule has 80 valence electrons. The summed E-state index contributed by atoms with van der Waals surface area (Å²) >= 11 is 1.64. The van der Waals surface area contributed by atoms with Gasteiger partial charge in [-0.1, -0.05) is 13.3 Å². The van der Waals surface area contributed by atoms with Crippen molar-refractivity contribution < 1.29 is 0 Å². The van der Waals surface area contributed by atoms with E-state index in [4.69, 9.17) is 5.73 Å². The Kier molecular flexibility index (Phi) is 3.00. The van der Waals surface area contributed by atoms with Gasteiger partial charge in [-0.25, -0.2) is 4.98 Å². The molecule has 0 amide bonds. The number of anilines is 1. The second-order valence-corrected chi connectivity index (χ2v) is 4.17. The molecule has 0 aliphatic carbocycles. The van der Waals surface area contributed by atoms with Crippen molar-refractivity contribution in [3.8, 4) is 0 Å². The molecule has 0 aromatic carbocycles. The van der Waals surface area contributed by atoms with Gasteiger partial charge in [0.1, 0.15) is 5.03 Å². The fourth-order valence-corrected chi connectivity index (χ4v) is 2.21. The average molecular weight is 224 g/mol. The molecule has 15 heavy (non-hydrogen) atoms. The summed E-state index contributed by atoms with van der Waals surface area (Å²) in [5.41, 5.74) is 6.80. The molecule has 2 aromatic heterocycles. The van der Waals surface area contributed by atoms with Crippen molar-refractivity contribution in [2.75, 3.05) is 11.5 Å². The zero-order chi connectivity index (χ0) is 10.7. The Morgan fingerprint density at radius 3 is 3.00 bits per heavy atom. The highest BCUT2D eigenvalue weighted by atomic mass is 32.2. The largest absolute Gasteiger partial charge is 0.368 e. The maximum atomic E-state index is 5.57. The number of nitrogens with zero attached hydrogens (tertiary/aromatic N) is 4. The highest BCUT2D eigenvalue weighted by Crippen LogP contribution is 2.23.